The van der Waals surface area contributed by atoms with E-state index in [-0.39, 0.29) is 12.2 Å². The standard InChI is InChI=1S/C26H35ClN2O3/c1-19(16-20-6-8-23-21(17-20)10-13-29(23)12-5-14-30)28-11-15-31-24-9-7-22(27)18-25(24)32-26(2,3)4/h6-10,13,17-19,28,30H,5,11-12,14-16H2,1-4H3/t19-/m1/s1. The molecule has 0 bridgehead atoms. The fourth-order valence-corrected chi connectivity index (χ4v) is 3.88. The first-order chi connectivity index (χ1) is 15.2. The molecule has 1 heterocycles. The lowest BCUT2D eigenvalue weighted by molar-refractivity contribution is 0.123. The van der Waals surface area contributed by atoms with Gasteiger partial charge in [0, 0.05) is 48.5 Å². The van der Waals surface area contributed by atoms with Crippen molar-refractivity contribution in [1.82, 2.24) is 9.88 Å². The molecule has 32 heavy (non-hydrogen) atoms. The monoisotopic (exact) mass is 458 g/mol. The number of aromatic nitrogens is 1. The Balaban J connectivity index is 1.49. The molecule has 0 saturated heterocycles. The number of benzene rings is 2. The first-order valence-electron chi connectivity index (χ1n) is 11.3. The first kappa shape index (κ1) is 24.4. The van der Waals surface area contributed by atoms with Gasteiger partial charge in [0.1, 0.15) is 12.2 Å². The molecule has 5 nitrogen and oxygen atoms in total. The molecular weight excluding hydrogens is 424 g/mol. The van der Waals surface area contributed by atoms with Gasteiger partial charge in [-0.15, -0.1) is 0 Å². The summed E-state index contributed by atoms with van der Waals surface area (Å²) in [5, 5.41) is 14.5. The number of aryl methyl sites for hydroxylation is 1. The number of hydrogen-bond acceptors (Lipinski definition) is 4. The summed E-state index contributed by atoms with van der Waals surface area (Å²) in [7, 11) is 0. The van der Waals surface area contributed by atoms with E-state index in [4.69, 9.17) is 26.2 Å². The molecule has 174 valence electrons. The zero-order valence-corrected chi connectivity index (χ0v) is 20.3. The topological polar surface area (TPSA) is 55.7 Å². The molecule has 0 aliphatic rings. The predicted molar refractivity (Wildman–Crippen MR) is 132 cm³/mol. The highest BCUT2D eigenvalue weighted by molar-refractivity contribution is 6.30. The Morgan fingerprint density at radius 2 is 1.91 bits per heavy atom. The third kappa shape index (κ3) is 7.16. The lowest BCUT2D eigenvalue weighted by Gasteiger charge is -2.23. The largest absolute Gasteiger partial charge is 0.488 e. The van der Waals surface area contributed by atoms with Crippen LogP contribution in [0.1, 0.15) is 39.7 Å². The van der Waals surface area contributed by atoms with Gasteiger partial charge in [-0.3, -0.25) is 0 Å². The van der Waals surface area contributed by atoms with Crippen LogP contribution < -0.4 is 14.8 Å². The SMILES string of the molecule is C[C@H](Cc1ccc2c(ccn2CCCO)c1)NCCOc1ccc(Cl)cc1OC(C)(C)C. The van der Waals surface area contributed by atoms with E-state index >= 15 is 0 Å². The molecule has 0 amide bonds. The number of nitrogens with one attached hydrogen (secondary N) is 1. The van der Waals surface area contributed by atoms with Gasteiger partial charge in [-0.1, -0.05) is 17.7 Å². The minimum absolute atomic E-state index is 0.216. The zero-order chi connectivity index (χ0) is 23.1. The number of ether oxygens (including phenoxy) is 2. The highest BCUT2D eigenvalue weighted by Crippen LogP contribution is 2.33. The van der Waals surface area contributed by atoms with E-state index in [1.807, 2.05) is 32.9 Å². The van der Waals surface area contributed by atoms with Crippen LogP contribution >= 0.6 is 11.6 Å². The minimum Gasteiger partial charge on any atom is -0.488 e. The summed E-state index contributed by atoms with van der Waals surface area (Å²) in [6.45, 7) is 10.5. The van der Waals surface area contributed by atoms with Crippen LogP contribution in [0.4, 0.5) is 0 Å². The maximum absolute atomic E-state index is 9.06. The van der Waals surface area contributed by atoms with Crippen molar-refractivity contribution in [2.75, 3.05) is 19.8 Å². The van der Waals surface area contributed by atoms with Crippen LogP contribution in [0.3, 0.4) is 0 Å². The van der Waals surface area contributed by atoms with E-state index in [2.05, 4.69) is 47.3 Å². The van der Waals surface area contributed by atoms with Gasteiger partial charge < -0.3 is 24.5 Å². The lowest BCUT2D eigenvalue weighted by atomic mass is 10.1. The van der Waals surface area contributed by atoms with E-state index in [9.17, 15) is 0 Å². The van der Waals surface area contributed by atoms with Crippen LogP contribution in [0, 0.1) is 0 Å². The molecule has 3 rings (SSSR count). The van der Waals surface area contributed by atoms with Crippen molar-refractivity contribution in [3.8, 4) is 11.5 Å². The molecule has 3 aromatic rings. The van der Waals surface area contributed by atoms with Crippen molar-refractivity contribution in [2.24, 2.45) is 0 Å². The van der Waals surface area contributed by atoms with Gasteiger partial charge in [-0.25, -0.2) is 0 Å². The minimum atomic E-state index is -0.323. The molecule has 0 aliphatic carbocycles. The summed E-state index contributed by atoms with van der Waals surface area (Å²) in [5.74, 6) is 1.37. The van der Waals surface area contributed by atoms with Gasteiger partial charge in [-0.05, 0) is 81.8 Å². The molecular formula is C26H35ClN2O3. The maximum atomic E-state index is 9.06. The Morgan fingerprint density at radius 1 is 1.09 bits per heavy atom. The number of aliphatic hydroxyl groups excluding tert-OH is 1. The average molecular weight is 459 g/mol. The van der Waals surface area contributed by atoms with Crippen LogP contribution in [-0.4, -0.2) is 41.1 Å². The van der Waals surface area contributed by atoms with Crippen molar-refractivity contribution >= 4 is 22.5 Å². The first-order valence-corrected chi connectivity index (χ1v) is 11.7. The lowest BCUT2D eigenvalue weighted by Crippen LogP contribution is -2.32. The van der Waals surface area contributed by atoms with E-state index in [0.29, 0.717) is 29.2 Å². The Morgan fingerprint density at radius 3 is 2.66 bits per heavy atom. The van der Waals surface area contributed by atoms with Crippen LogP contribution in [-0.2, 0) is 13.0 Å². The molecule has 0 spiro atoms. The molecule has 0 radical (unpaired) electrons. The highest BCUT2D eigenvalue weighted by Gasteiger charge is 2.16. The molecule has 1 atom stereocenters. The molecule has 1 aromatic heterocycles. The molecule has 0 aliphatic heterocycles. The predicted octanol–water partition coefficient (Wildman–Crippen LogP) is 5.45. The number of aliphatic hydroxyl groups is 1. The van der Waals surface area contributed by atoms with Gasteiger partial charge >= 0.3 is 0 Å². The second-order valence-corrected chi connectivity index (χ2v) is 9.63. The average Bonchev–Trinajstić information content (AvgIpc) is 3.12. The fourth-order valence-electron chi connectivity index (χ4n) is 3.72. The molecule has 0 fully saturated rings. The van der Waals surface area contributed by atoms with Crippen LogP contribution in [0.5, 0.6) is 11.5 Å². The van der Waals surface area contributed by atoms with Crippen LogP contribution in [0.25, 0.3) is 10.9 Å². The Bertz CT molecular complexity index is 1010. The number of fused-ring (bicyclic) bond motifs is 1. The fraction of sp³-hybridized carbons (Fsp3) is 0.462. The summed E-state index contributed by atoms with van der Waals surface area (Å²) < 4.78 is 14.1. The van der Waals surface area contributed by atoms with E-state index in [1.165, 1.54) is 16.5 Å². The Labute approximate surface area is 196 Å². The second-order valence-electron chi connectivity index (χ2n) is 9.19. The number of rotatable bonds is 11. The molecule has 2 aromatic carbocycles. The van der Waals surface area contributed by atoms with Crippen molar-refractivity contribution in [3.63, 3.8) is 0 Å². The highest BCUT2D eigenvalue weighted by atomic mass is 35.5. The van der Waals surface area contributed by atoms with Gasteiger partial charge in [0.2, 0.25) is 0 Å². The van der Waals surface area contributed by atoms with Crippen molar-refractivity contribution in [2.45, 2.75) is 58.7 Å². The van der Waals surface area contributed by atoms with Crippen molar-refractivity contribution in [3.05, 3.63) is 59.2 Å². The normalized spacial score (nSPS) is 12.8. The summed E-state index contributed by atoms with van der Waals surface area (Å²) in [6, 6.07) is 14.6. The summed E-state index contributed by atoms with van der Waals surface area (Å²) in [6.07, 6.45) is 3.81. The molecule has 0 saturated carbocycles. The van der Waals surface area contributed by atoms with Crippen molar-refractivity contribution in [1.29, 1.82) is 0 Å². The quantitative estimate of drug-likeness (QED) is 0.375. The molecule has 6 heteroatoms. The zero-order valence-electron chi connectivity index (χ0n) is 19.5. The van der Waals surface area contributed by atoms with Crippen LogP contribution in [0.15, 0.2) is 48.7 Å². The molecule has 2 N–H and O–H groups in total. The van der Waals surface area contributed by atoms with Crippen molar-refractivity contribution < 1.29 is 14.6 Å². The third-order valence-electron chi connectivity index (χ3n) is 5.11. The smallest absolute Gasteiger partial charge is 0.163 e. The van der Waals surface area contributed by atoms with E-state index in [0.717, 1.165) is 25.9 Å². The van der Waals surface area contributed by atoms with Gasteiger partial charge in [-0.2, -0.15) is 0 Å². The third-order valence-corrected chi connectivity index (χ3v) is 5.34. The summed E-state index contributed by atoms with van der Waals surface area (Å²) in [5.41, 5.74) is 2.19. The summed E-state index contributed by atoms with van der Waals surface area (Å²) >= 11 is 6.13. The summed E-state index contributed by atoms with van der Waals surface area (Å²) in [4.78, 5) is 0. The van der Waals surface area contributed by atoms with Gasteiger partial charge in [0.15, 0.2) is 11.5 Å². The maximum Gasteiger partial charge on any atom is 0.163 e. The Kier molecular flexibility index (Phi) is 8.46. The number of halogens is 1. The Hall–Kier alpha value is -2.21. The number of nitrogens with zero attached hydrogens (tertiary/aromatic N) is 1. The van der Waals surface area contributed by atoms with Crippen LogP contribution in [0.2, 0.25) is 5.02 Å². The number of hydrogen-bond donors (Lipinski definition) is 2. The van der Waals surface area contributed by atoms with E-state index < -0.39 is 0 Å². The second kappa shape index (κ2) is 11.1. The molecule has 0 unspecified atom stereocenters. The van der Waals surface area contributed by atoms with Gasteiger partial charge in [0.25, 0.3) is 0 Å². The van der Waals surface area contributed by atoms with E-state index in [1.54, 1.807) is 6.07 Å². The van der Waals surface area contributed by atoms with Gasteiger partial charge in [0.05, 0.1) is 0 Å².